The number of alkyl halides is 3. The quantitative estimate of drug-likeness (QED) is 0.763. The Morgan fingerprint density at radius 2 is 1.90 bits per heavy atom. The first-order valence-electron chi connectivity index (χ1n) is 5.40. The fraction of sp³-hybridized carbons (Fsp3) is 0.167. The van der Waals surface area contributed by atoms with Gasteiger partial charge in [-0.25, -0.2) is 9.97 Å². The SMILES string of the molecule is Cc1nc(Br)cc(Nc2ccc(C(F)(F)F)cc2Cl)n1. The van der Waals surface area contributed by atoms with Crippen LogP contribution in [0, 0.1) is 6.92 Å². The summed E-state index contributed by atoms with van der Waals surface area (Å²) in [5.41, 5.74) is -0.460. The molecule has 2 aromatic rings. The molecule has 1 N–H and O–H groups in total. The van der Waals surface area contributed by atoms with E-state index in [2.05, 4.69) is 31.2 Å². The second-order valence-electron chi connectivity index (χ2n) is 3.94. The third-order valence-electron chi connectivity index (χ3n) is 2.37. The maximum Gasteiger partial charge on any atom is 0.416 e. The van der Waals surface area contributed by atoms with Gasteiger partial charge in [0.2, 0.25) is 0 Å². The minimum Gasteiger partial charge on any atom is -0.339 e. The minimum atomic E-state index is -4.42. The number of benzene rings is 1. The number of anilines is 2. The summed E-state index contributed by atoms with van der Waals surface area (Å²) in [7, 11) is 0. The second kappa shape index (κ2) is 5.57. The Labute approximate surface area is 126 Å². The van der Waals surface area contributed by atoms with Crippen molar-refractivity contribution in [3.63, 3.8) is 0 Å². The van der Waals surface area contributed by atoms with Crippen molar-refractivity contribution in [1.29, 1.82) is 0 Å². The zero-order valence-corrected chi connectivity index (χ0v) is 12.4. The van der Waals surface area contributed by atoms with Crippen molar-refractivity contribution in [2.45, 2.75) is 13.1 Å². The summed E-state index contributed by atoms with van der Waals surface area (Å²) in [5, 5.41) is 2.82. The lowest BCUT2D eigenvalue weighted by Gasteiger charge is -2.11. The molecule has 0 aliphatic rings. The molecule has 0 aliphatic heterocycles. The van der Waals surface area contributed by atoms with Gasteiger partial charge in [0.15, 0.2) is 0 Å². The zero-order chi connectivity index (χ0) is 14.9. The number of aryl methyl sites for hydroxylation is 1. The number of nitrogens with one attached hydrogen (secondary N) is 1. The maximum atomic E-state index is 12.5. The van der Waals surface area contributed by atoms with Gasteiger partial charge in [-0.3, -0.25) is 0 Å². The Kier molecular flexibility index (Phi) is 4.19. The summed E-state index contributed by atoms with van der Waals surface area (Å²) in [4.78, 5) is 8.14. The van der Waals surface area contributed by atoms with Crippen molar-refractivity contribution in [2.24, 2.45) is 0 Å². The maximum absolute atomic E-state index is 12.5. The average molecular weight is 367 g/mol. The first kappa shape index (κ1) is 15.1. The van der Waals surface area contributed by atoms with Crippen molar-refractivity contribution >= 4 is 39.0 Å². The largest absolute Gasteiger partial charge is 0.416 e. The molecule has 1 heterocycles. The Morgan fingerprint density at radius 1 is 1.20 bits per heavy atom. The van der Waals surface area contributed by atoms with Gasteiger partial charge in [0.25, 0.3) is 0 Å². The molecule has 0 atom stereocenters. The smallest absolute Gasteiger partial charge is 0.339 e. The highest BCUT2D eigenvalue weighted by molar-refractivity contribution is 9.10. The molecule has 0 bridgehead atoms. The van der Waals surface area contributed by atoms with Gasteiger partial charge in [0.05, 0.1) is 16.3 Å². The van der Waals surface area contributed by atoms with E-state index in [1.54, 1.807) is 13.0 Å². The number of hydrogen-bond donors (Lipinski definition) is 1. The van der Waals surface area contributed by atoms with E-state index in [9.17, 15) is 13.2 Å². The highest BCUT2D eigenvalue weighted by atomic mass is 79.9. The summed E-state index contributed by atoms with van der Waals surface area (Å²) in [5.74, 6) is 0.955. The molecule has 106 valence electrons. The zero-order valence-electron chi connectivity index (χ0n) is 10.1. The predicted octanol–water partition coefficient (Wildman–Crippen LogP) is 4.96. The van der Waals surface area contributed by atoms with Crippen molar-refractivity contribution in [3.05, 3.63) is 45.3 Å². The van der Waals surface area contributed by atoms with E-state index < -0.39 is 11.7 Å². The lowest BCUT2D eigenvalue weighted by atomic mass is 10.2. The Hall–Kier alpha value is -1.34. The topological polar surface area (TPSA) is 37.8 Å². The Bertz CT molecular complexity index is 626. The summed E-state index contributed by atoms with van der Waals surface area (Å²) >= 11 is 9.06. The molecule has 1 aromatic carbocycles. The normalized spacial score (nSPS) is 11.5. The van der Waals surface area contributed by atoms with E-state index in [0.717, 1.165) is 12.1 Å². The highest BCUT2D eigenvalue weighted by Crippen LogP contribution is 2.34. The van der Waals surface area contributed by atoms with Crippen molar-refractivity contribution in [2.75, 3.05) is 5.32 Å². The molecule has 1 aromatic heterocycles. The van der Waals surface area contributed by atoms with Crippen LogP contribution in [-0.4, -0.2) is 9.97 Å². The predicted molar refractivity (Wildman–Crippen MR) is 74.2 cm³/mol. The molecule has 2 rings (SSSR count). The van der Waals surface area contributed by atoms with Gasteiger partial charge in [0.1, 0.15) is 16.2 Å². The number of hydrogen-bond acceptors (Lipinski definition) is 3. The Morgan fingerprint density at radius 3 is 2.45 bits per heavy atom. The van der Waals surface area contributed by atoms with Crippen LogP contribution in [0.15, 0.2) is 28.9 Å². The summed E-state index contributed by atoms with van der Waals surface area (Å²) in [6, 6.07) is 4.68. The molecule has 0 fully saturated rings. The van der Waals surface area contributed by atoms with Gasteiger partial charge in [0, 0.05) is 6.07 Å². The van der Waals surface area contributed by atoms with Crippen LogP contribution in [-0.2, 0) is 6.18 Å². The molecule has 20 heavy (non-hydrogen) atoms. The van der Waals surface area contributed by atoms with Crippen LogP contribution in [0.25, 0.3) is 0 Å². The van der Waals surface area contributed by atoms with E-state index >= 15 is 0 Å². The van der Waals surface area contributed by atoms with Gasteiger partial charge >= 0.3 is 6.18 Å². The fourth-order valence-electron chi connectivity index (χ4n) is 1.53. The van der Waals surface area contributed by atoms with Crippen molar-refractivity contribution < 1.29 is 13.2 Å². The van der Waals surface area contributed by atoms with Gasteiger partial charge in [-0.2, -0.15) is 13.2 Å². The van der Waals surface area contributed by atoms with Gasteiger partial charge in [-0.05, 0) is 41.1 Å². The van der Waals surface area contributed by atoms with Crippen molar-refractivity contribution in [1.82, 2.24) is 9.97 Å². The van der Waals surface area contributed by atoms with Crippen LogP contribution in [0.5, 0.6) is 0 Å². The molecular weight excluding hydrogens is 359 g/mol. The standard InChI is InChI=1S/C12H8BrClF3N3/c1-6-18-10(13)5-11(19-6)20-9-3-2-7(4-8(9)14)12(15,16)17/h2-5H,1H3,(H,18,19,20). The van der Waals surface area contributed by atoms with Crippen LogP contribution in [0.1, 0.15) is 11.4 Å². The number of aromatic nitrogens is 2. The first-order chi connectivity index (χ1) is 9.25. The molecule has 0 radical (unpaired) electrons. The lowest BCUT2D eigenvalue weighted by molar-refractivity contribution is -0.137. The Balaban J connectivity index is 2.30. The molecule has 3 nitrogen and oxygen atoms in total. The summed E-state index contributed by atoms with van der Waals surface area (Å²) in [6.07, 6.45) is -4.42. The third kappa shape index (κ3) is 3.61. The number of nitrogens with zero attached hydrogens (tertiary/aromatic N) is 2. The van der Waals surface area contributed by atoms with E-state index in [-0.39, 0.29) is 5.02 Å². The van der Waals surface area contributed by atoms with Gasteiger partial charge in [-0.1, -0.05) is 11.6 Å². The van der Waals surface area contributed by atoms with Crippen LogP contribution in [0.3, 0.4) is 0 Å². The summed E-state index contributed by atoms with van der Waals surface area (Å²) in [6.45, 7) is 1.70. The van der Waals surface area contributed by atoms with Crippen LogP contribution < -0.4 is 5.32 Å². The molecule has 0 aliphatic carbocycles. The molecule has 0 unspecified atom stereocenters. The highest BCUT2D eigenvalue weighted by Gasteiger charge is 2.30. The van der Waals surface area contributed by atoms with E-state index in [1.165, 1.54) is 6.07 Å². The fourth-order valence-corrected chi connectivity index (χ4v) is 2.23. The van der Waals surface area contributed by atoms with E-state index in [4.69, 9.17) is 11.6 Å². The molecule has 0 saturated carbocycles. The van der Waals surface area contributed by atoms with Gasteiger partial charge in [-0.15, -0.1) is 0 Å². The summed E-state index contributed by atoms with van der Waals surface area (Å²) < 4.78 is 38.1. The lowest BCUT2D eigenvalue weighted by Crippen LogP contribution is -2.05. The van der Waals surface area contributed by atoms with Crippen LogP contribution >= 0.6 is 27.5 Å². The van der Waals surface area contributed by atoms with Crippen molar-refractivity contribution in [3.8, 4) is 0 Å². The van der Waals surface area contributed by atoms with E-state index in [1.807, 2.05) is 0 Å². The number of halogens is 5. The second-order valence-corrected chi connectivity index (χ2v) is 5.16. The first-order valence-corrected chi connectivity index (χ1v) is 6.58. The van der Waals surface area contributed by atoms with E-state index in [0.29, 0.717) is 21.9 Å². The molecule has 0 saturated heterocycles. The molecular formula is C12H8BrClF3N3. The number of rotatable bonds is 2. The monoisotopic (exact) mass is 365 g/mol. The van der Waals surface area contributed by atoms with Crippen LogP contribution in [0.4, 0.5) is 24.7 Å². The average Bonchev–Trinajstić information content (AvgIpc) is 2.29. The minimum absolute atomic E-state index is 0.0350. The molecule has 0 spiro atoms. The molecule has 0 amide bonds. The van der Waals surface area contributed by atoms with Crippen LogP contribution in [0.2, 0.25) is 5.02 Å². The molecule has 8 heteroatoms. The van der Waals surface area contributed by atoms with Gasteiger partial charge < -0.3 is 5.32 Å². The third-order valence-corrected chi connectivity index (χ3v) is 3.08.